The van der Waals surface area contributed by atoms with Gasteiger partial charge in [-0.05, 0) is 30.2 Å². The minimum atomic E-state index is -4.92. The van der Waals surface area contributed by atoms with E-state index in [4.69, 9.17) is 5.26 Å². The van der Waals surface area contributed by atoms with Crippen molar-refractivity contribution in [2.24, 2.45) is 5.92 Å². The van der Waals surface area contributed by atoms with Crippen LogP contribution in [0.4, 0.5) is 23.2 Å². The van der Waals surface area contributed by atoms with Crippen LogP contribution in [0.5, 0.6) is 0 Å². The van der Waals surface area contributed by atoms with Crippen molar-refractivity contribution < 1.29 is 22.4 Å². The van der Waals surface area contributed by atoms with Crippen molar-refractivity contribution in [3.8, 4) is 6.07 Å². The maximum Gasteiger partial charge on any atom is 0.471 e. The summed E-state index contributed by atoms with van der Waals surface area (Å²) in [5.41, 5.74) is 1.45. The average Bonchev–Trinajstić information content (AvgIpc) is 3.48. The van der Waals surface area contributed by atoms with E-state index in [1.54, 1.807) is 4.90 Å². The van der Waals surface area contributed by atoms with Gasteiger partial charge in [-0.25, -0.2) is 4.39 Å². The van der Waals surface area contributed by atoms with E-state index in [-0.39, 0.29) is 23.9 Å². The fourth-order valence-corrected chi connectivity index (χ4v) is 4.11. The molecule has 2 fully saturated rings. The second-order valence-electron chi connectivity index (χ2n) is 7.82. The largest absolute Gasteiger partial charge is 0.471 e. The van der Waals surface area contributed by atoms with E-state index in [2.05, 4.69) is 0 Å². The van der Waals surface area contributed by atoms with E-state index >= 15 is 0 Å². The highest BCUT2D eigenvalue weighted by Crippen LogP contribution is 2.46. The molecule has 2 aromatic rings. The molecule has 0 N–H and O–H groups in total. The Morgan fingerprint density at radius 1 is 1.17 bits per heavy atom. The highest BCUT2D eigenvalue weighted by molar-refractivity contribution is 5.82. The number of halogens is 4. The van der Waals surface area contributed by atoms with Crippen molar-refractivity contribution >= 4 is 11.6 Å². The highest BCUT2D eigenvalue weighted by atomic mass is 19.4. The fourth-order valence-electron chi connectivity index (χ4n) is 4.11. The number of carbonyl (C=O) groups is 1. The molecule has 0 spiro atoms. The normalized spacial score (nSPS) is 21.0. The highest BCUT2D eigenvalue weighted by Gasteiger charge is 2.52. The molecule has 1 saturated heterocycles. The molecule has 4 nitrogen and oxygen atoms in total. The molecule has 0 radical (unpaired) electrons. The van der Waals surface area contributed by atoms with Gasteiger partial charge in [0.05, 0.1) is 17.3 Å². The van der Waals surface area contributed by atoms with Crippen molar-refractivity contribution in [3.63, 3.8) is 0 Å². The second-order valence-corrected chi connectivity index (χ2v) is 7.82. The zero-order valence-corrected chi connectivity index (χ0v) is 15.9. The molecule has 1 heterocycles. The summed E-state index contributed by atoms with van der Waals surface area (Å²) < 4.78 is 53.7. The van der Waals surface area contributed by atoms with Crippen molar-refractivity contribution in [2.75, 3.05) is 24.5 Å². The Morgan fingerprint density at radius 3 is 2.47 bits per heavy atom. The lowest BCUT2D eigenvalue weighted by molar-refractivity contribution is -0.187. The van der Waals surface area contributed by atoms with Gasteiger partial charge in [-0.2, -0.15) is 18.4 Å². The summed E-state index contributed by atoms with van der Waals surface area (Å²) in [4.78, 5) is 14.7. The first-order valence-electron chi connectivity index (χ1n) is 9.65. The molecule has 1 saturated carbocycles. The van der Waals surface area contributed by atoms with Crippen LogP contribution in [-0.2, 0) is 4.79 Å². The molecular weight excluding hydrogens is 398 g/mol. The molecule has 2 aromatic carbocycles. The Bertz CT molecular complexity index is 980. The Hall–Kier alpha value is -3.08. The van der Waals surface area contributed by atoms with E-state index < -0.39 is 23.9 Å². The number of alkyl halides is 3. The molecule has 1 aliphatic heterocycles. The number of nitriles is 1. The summed E-state index contributed by atoms with van der Waals surface area (Å²) in [6.45, 7) is 0.696. The molecule has 0 bridgehead atoms. The predicted molar refractivity (Wildman–Crippen MR) is 102 cm³/mol. The van der Waals surface area contributed by atoms with Crippen LogP contribution in [0.1, 0.15) is 23.5 Å². The lowest BCUT2D eigenvalue weighted by Gasteiger charge is -2.43. The minimum absolute atomic E-state index is 0.0132. The third-order valence-electron chi connectivity index (χ3n) is 5.72. The molecule has 1 aliphatic carbocycles. The number of hydrogen-bond donors (Lipinski definition) is 0. The van der Waals surface area contributed by atoms with Crippen molar-refractivity contribution in [3.05, 3.63) is 65.5 Å². The Kier molecular flexibility index (Phi) is 5.14. The summed E-state index contributed by atoms with van der Waals surface area (Å²) in [7, 11) is 0. The van der Waals surface area contributed by atoms with Gasteiger partial charge in [0.1, 0.15) is 5.82 Å². The van der Waals surface area contributed by atoms with Gasteiger partial charge in [0, 0.05) is 37.5 Å². The van der Waals surface area contributed by atoms with Gasteiger partial charge in [0.25, 0.3) is 0 Å². The van der Waals surface area contributed by atoms with Crippen molar-refractivity contribution in [2.45, 2.75) is 24.6 Å². The standard InChI is InChI=1S/C22H19F4N3O/c23-18-8-14(10-27)6-7-19(18)28-11-15(12-28)13-29(21(30)22(24,25)26)20-9-17(20)16-4-2-1-3-5-16/h1-8,15,17,20H,9,11-13H2. The number of anilines is 1. The molecule has 2 unspecified atom stereocenters. The smallest absolute Gasteiger partial charge is 0.368 e. The number of amides is 1. The van der Waals surface area contributed by atoms with Crippen molar-refractivity contribution in [1.82, 2.24) is 4.90 Å². The topological polar surface area (TPSA) is 47.3 Å². The summed E-state index contributed by atoms with van der Waals surface area (Å²) >= 11 is 0. The lowest BCUT2D eigenvalue weighted by atomic mass is 9.97. The third kappa shape index (κ3) is 3.97. The number of nitrogens with zero attached hydrogens (tertiary/aromatic N) is 3. The molecule has 156 valence electrons. The SMILES string of the molecule is N#Cc1ccc(N2CC(CN(C(=O)C(F)(F)F)C3CC3c3ccccc3)C2)c(F)c1. The number of hydrogen-bond acceptors (Lipinski definition) is 3. The van der Waals surface area contributed by atoms with Gasteiger partial charge < -0.3 is 9.80 Å². The molecule has 2 aliphatic rings. The lowest BCUT2D eigenvalue weighted by Crippen LogP contribution is -2.55. The van der Waals surface area contributed by atoms with Crippen LogP contribution < -0.4 is 4.90 Å². The summed E-state index contributed by atoms with van der Waals surface area (Å²) in [5, 5.41) is 8.82. The predicted octanol–water partition coefficient (Wildman–Crippen LogP) is 4.08. The minimum Gasteiger partial charge on any atom is -0.368 e. The fraction of sp³-hybridized carbons (Fsp3) is 0.364. The van der Waals surface area contributed by atoms with Gasteiger partial charge in [-0.15, -0.1) is 0 Å². The van der Waals surface area contributed by atoms with E-state index in [1.165, 1.54) is 12.1 Å². The quantitative estimate of drug-likeness (QED) is 0.689. The second kappa shape index (κ2) is 7.63. The average molecular weight is 417 g/mol. The summed E-state index contributed by atoms with van der Waals surface area (Å²) in [6.07, 6.45) is -4.42. The number of benzene rings is 2. The first-order chi connectivity index (χ1) is 14.3. The van der Waals surface area contributed by atoms with Crippen LogP contribution in [0.25, 0.3) is 0 Å². The van der Waals surface area contributed by atoms with E-state index in [0.29, 0.717) is 25.2 Å². The van der Waals surface area contributed by atoms with E-state index in [0.717, 1.165) is 16.5 Å². The van der Waals surface area contributed by atoms with Crippen LogP contribution in [0.2, 0.25) is 0 Å². The molecule has 4 rings (SSSR count). The summed E-state index contributed by atoms with van der Waals surface area (Å²) in [6, 6.07) is 14.7. The van der Waals surface area contributed by atoms with Crippen LogP contribution in [0.3, 0.4) is 0 Å². The first kappa shape index (κ1) is 20.2. The molecule has 2 atom stereocenters. The Morgan fingerprint density at radius 2 is 1.87 bits per heavy atom. The maximum absolute atomic E-state index is 14.2. The van der Waals surface area contributed by atoms with Crippen LogP contribution in [-0.4, -0.2) is 42.7 Å². The molecule has 8 heteroatoms. The molecular formula is C22H19F4N3O. The zero-order chi connectivity index (χ0) is 21.5. The zero-order valence-electron chi connectivity index (χ0n) is 15.9. The maximum atomic E-state index is 14.2. The number of carbonyl (C=O) groups excluding carboxylic acids is 1. The first-order valence-corrected chi connectivity index (χ1v) is 9.65. The van der Waals surface area contributed by atoms with Gasteiger partial charge in [0.2, 0.25) is 0 Å². The van der Waals surface area contributed by atoms with Crippen LogP contribution in [0, 0.1) is 23.1 Å². The van der Waals surface area contributed by atoms with Gasteiger partial charge in [0.15, 0.2) is 0 Å². The van der Waals surface area contributed by atoms with Gasteiger partial charge in [-0.1, -0.05) is 30.3 Å². The Labute approximate surface area is 171 Å². The van der Waals surface area contributed by atoms with E-state index in [1.807, 2.05) is 36.4 Å². The monoisotopic (exact) mass is 417 g/mol. The van der Waals surface area contributed by atoms with Crippen LogP contribution >= 0.6 is 0 Å². The summed E-state index contributed by atoms with van der Waals surface area (Å²) in [5.74, 6) is -2.62. The van der Waals surface area contributed by atoms with E-state index in [9.17, 15) is 22.4 Å². The molecule has 1 amide bonds. The Balaban J connectivity index is 1.43. The van der Waals surface area contributed by atoms with Gasteiger partial charge >= 0.3 is 12.1 Å². The number of rotatable bonds is 5. The van der Waals surface area contributed by atoms with Crippen LogP contribution in [0.15, 0.2) is 48.5 Å². The van der Waals surface area contributed by atoms with Crippen molar-refractivity contribution in [1.29, 1.82) is 5.26 Å². The van der Waals surface area contributed by atoms with Gasteiger partial charge in [-0.3, -0.25) is 4.79 Å². The third-order valence-corrected chi connectivity index (χ3v) is 5.72. The molecule has 0 aromatic heterocycles. The molecule has 30 heavy (non-hydrogen) atoms.